The lowest BCUT2D eigenvalue weighted by Gasteiger charge is -2.32. The predicted octanol–water partition coefficient (Wildman–Crippen LogP) is 1.08. The third-order valence-corrected chi connectivity index (χ3v) is 3.82. The molecule has 0 radical (unpaired) electrons. The van der Waals surface area contributed by atoms with E-state index >= 15 is 0 Å². The number of ether oxygens (including phenoxy) is 1. The van der Waals surface area contributed by atoms with Gasteiger partial charge in [0, 0.05) is 18.9 Å². The number of hydrogen-bond donors (Lipinski definition) is 3. The number of Topliss-reactive ketones (excluding diaryl/α,β-unsaturated/α-hetero) is 2. The molecule has 2 rings (SSSR count). The highest BCUT2D eigenvalue weighted by Crippen LogP contribution is 2.38. The van der Waals surface area contributed by atoms with Crippen molar-refractivity contribution in [3.63, 3.8) is 0 Å². The third-order valence-electron chi connectivity index (χ3n) is 3.82. The number of ketones is 2. The third kappa shape index (κ3) is 3.73. The van der Waals surface area contributed by atoms with Crippen molar-refractivity contribution in [1.29, 1.82) is 0 Å². The van der Waals surface area contributed by atoms with Crippen LogP contribution in [0.15, 0.2) is 12.1 Å². The van der Waals surface area contributed by atoms with Crippen molar-refractivity contribution < 1.29 is 24.2 Å². The monoisotopic (exact) mass is 334 g/mol. The second-order valence-corrected chi connectivity index (χ2v) is 6.57. The van der Waals surface area contributed by atoms with E-state index in [4.69, 9.17) is 10.5 Å². The van der Waals surface area contributed by atoms with E-state index in [1.54, 1.807) is 6.07 Å². The first-order valence-corrected chi connectivity index (χ1v) is 7.70. The van der Waals surface area contributed by atoms with Crippen LogP contribution in [0.2, 0.25) is 0 Å². The molecule has 1 aliphatic rings. The van der Waals surface area contributed by atoms with Gasteiger partial charge in [0.25, 0.3) is 0 Å². The Kier molecular flexibility index (Phi) is 4.94. The Balaban J connectivity index is 2.30. The summed E-state index contributed by atoms with van der Waals surface area (Å²) in [5.74, 6) is -0.508. The standard InChI is InChI=1S/C17H22N2O5/c1-9(21)19-10(8-20)6-12(22)11-4-5-14-15(16(11)18)13(23)7-17(2,3)24-14/h4-5,10,20H,6-8,18H2,1-3H3,(H,19,21). The first kappa shape index (κ1) is 17.9. The quantitative estimate of drug-likeness (QED) is 0.548. The molecule has 24 heavy (non-hydrogen) atoms. The topological polar surface area (TPSA) is 119 Å². The lowest BCUT2D eigenvalue weighted by atomic mass is 9.89. The SMILES string of the molecule is CC(=O)NC(CO)CC(=O)c1ccc2c(c1N)C(=O)CC(C)(C)O2. The lowest BCUT2D eigenvalue weighted by Crippen LogP contribution is -2.38. The van der Waals surface area contributed by atoms with E-state index in [1.165, 1.54) is 13.0 Å². The number of benzene rings is 1. The van der Waals surface area contributed by atoms with E-state index in [-0.39, 0.29) is 53.7 Å². The molecule has 1 atom stereocenters. The van der Waals surface area contributed by atoms with Gasteiger partial charge in [-0.2, -0.15) is 0 Å². The van der Waals surface area contributed by atoms with E-state index in [9.17, 15) is 19.5 Å². The first-order chi connectivity index (χ1) is 11.1. The van der Waals surface area contributed by atoms with Gasteiger partial charge in [-0.25, -0.2) is 0 Å². The van der Waals surface area contributed by atoms with E-state index in [2.05, 4.69) is 5.32 Å². The summed E-state index contributed by atoms with van der Waals surface area (Å²) in [5.41, 5.74) is 5.91. The number of nitrogens with two attached hydrogens (primary N) is 1. The van der Waals surface area contributed by atoms with Crippen molar-refractivity contribution in [2.24, 2.45) is 0 Å². The summed E-state index contributed by atoms with van der Waals surface area (Å²) < 4.78 is 5.75. The van der Waals surface area contributed by atoms with Gasteiger partial charge < -0.3 is 20.9 Å². The van der Waals surface area contributed by atoms with Gasteiger partial charge in [-0.1, -0.05) is 0 Å². The zero-order valence-corrected chi connectivity index (χ0v) is 14.0. The highest BCUT2D eigenvalue weighted by Gasteiger charge is 2.35. The molecule has 0 aromatic heterocycles. The number of fused-ring (bicyclic) bond motifs is 1. The van der Waals surface area contributed by atoms with Crippen molar-refractivity contribution in [2.45, 2.75) is 45.3 Å². The Hall–Kier alpha value is -2.41. The number of carbonyl (C=O) groups is 3. The molecule has 1 aromatic rings. The van der Waals surface area contributed by atoms with Gasteiger partial charge in [0.1, 0.15) is 11.4 Å². The molecule has 1 aliphatic heterocycles. The first-order valence-electron chi connectivity index (χ1n) is 7.70. The van der Waals surface area contributed by atoms with Gasteiger partial charge >= 0.3 is 0 Å². The maximum Gasteiger partial charge on any atom is 0.217 e. The Morgan fingerprint density at radius 2 is 2.08 bits per heavy atom. The van der Waals surface area contributed by atoms with Crippen LogP contribution in [-0.2, 0) is 4.79 Å². The van der Waals surface area contributed by atoms with Gasteiger partial charge in [-0.15, -0.1) is 0 Å². The van der Waals surface area contributed by atoms with E-state index in [1.807, 2.05) is 13.8 Å². The summed E-state index contributed by atoms with van der Waals surface area (Å²) in [4.78, 5) is 35.9. The number of nitrogen functional groups attached to an aromatic ring is 1. The smallest absolute Gasteiger partial charge is 0.217 e. The molecule has 0 fully saturated rings. The molecule has 0 spiro atoms. The molecule has 4 N–H and O–H groups in total. The number of rotatable bonds is 5. The highest BCUT2D eigenvalue weighted by atomic mass is 16.5. The molecule has 1 aromatic carbocycles. The summed E-state index contributed by atoms with van der Waals surface area (Å²) >= 11 is 0. The van der Waals surface area contributed by atoms with E-state index < -0.39 is 11.6 Å². The number of aliphatic hydroxyl groups is 1. The second-order valence-electron chi connectivity index (χ2n) is 6.57. The lowest BCUT2D eigenvalue weighted by molar-refractivity contribution is -0.119. The zero-order chi connectivity index (χ0) is 18.1. The molecule has 0 saturated heterocycles. The Labute approximate surface area is 140 Å². The Morgan fingerprint density at radius 1 is 1.42 bits per heavy atom. The van der Waals surface area contributed by atoms with Gasteiger partial charge in [0.15, 0.2) is 11.6 Å². The predicted molar refractivity (Wildman–Crippen MR) is 88.1 cm³/mol. The van der Waals surface area contributed by atoms with Crippen molar-refractivity contribution in [2.75, 3.05) is 12.3 Å². The largest absolute Gasteiger partial charge is 0.487 e. The summed E-state index contributed by atoms with van der Waals surface area (Å²) in [7, 11) is 0. The summed E-state index contributed by atoms with van der Waals surface area (Å²) in [6.45, 7) is 4.55. The molecule has 1 heterocycles. The van der Waals surface area contributed by atoms with Crippen LogP contribution < -0.4 is 15.8 Å². The van der Waals surface area contributed by atoms with Crippen molar-refractivity contribution in [3.8, 4) is 5.75 Å². The number of anilines is 1. The maximum atomic E-state index is 12.4. The van der Waals surface area contributed by atoms with Crippen LogP contribution >= 0.6 is 0 Å². The molecule has 1 amide bonds. The van der Waals surface area contributed by atoms with Crippen molar-refractivity contribution in [1.82, 2.24) is 5.32 Å². The number of nitrogens with one attached hydrogen (secondary N) is 1. The molecular formula is C17H22N2O5. The number of amides is 1. The van der Waals surface area contributed by atoms with Crippen LogP contribution in [0, 0.1) is 0 Å². The molecule has 0 saturated carbocycles. The molecular weight excluding hydrogens is 312 g/mol. The minimum Gasteiger partial charge on any atom is -0.487 e. The highest BCUT2D eigenvalue weighted by molar-refractivity contribution is 6.11. The molecule has 130 valence electrons. The average Bonchev–Trinajstić information content (AvgIpc) is 2.44. The second kappa shape index (κ2) is 6.60. The van der Waals surface area contributed by atoms with Gasteiger partial charge in [0.05, 0.1) is 30.3 Å². The van der Waals surface area contributed by atoms with Crippen LogP contribution in [-0.4, -0.2) is 40.8 Å². The van der Waals surface area contributed by atoms with Crippen LogP contribution in [0.1, 0.15) is 54.3 Å². The van der Waals surface area contributed by atoms with E-state index in [0.29, 0.717) is 5.75 Å². The van der Waals surface area contributed by atoms with Crippen LogP contribution in [0.25, 0.3) is 0 Å². The molecule has 0 aliphatic carbocycles. The van der Waals surface area contributed by atoms with Gasteiger partial charge in [-0.3, -0.25) is 14.4 Å². The Morgan fingerprint density at radius 3 is 2.67 bits per heavy atom. The molecule has 7 heteroatoms. The van der Waals surface area contributed by atoms with E-state index in [0.717, 1.165) is 0 Å². The average molecular weight is 334 g/mol. The molecule has 0 bridgehead atoms. The number of hydrogen-bond acceptors (Lipinski definition) is 6. The summed E-state index contributed by atoms with van der Waals surface area (Å²) in [6, 6.07) is 2.37. The zero-order valence-electron chi connectivity index (χ0n) is 14.0. The van der Waals surface area contributed by atoms with Crippen LogP contribution in [0.3, 0.4) is 0 Å². The number of carbonyl (C=O) groups excluding carboxylic acids is 3. The fourth-order valence-electron chi connectivity index (χ4n) is 2.81. The minimum atomic E-state index is -0.698. The Bertz CT molecular complexity index is 696. The fraction of sp³-hybridized carbons (Fsp3) is 0.471. The van der Waals surface area contributed by atoms with Crippen LogP contribution in [0.4, 0.5) is 5.69 Å². The van der Waals surface area contributed by atoms with Gasteiger partial charge in [-0.05, 0) is 26.0 Å². The van der Waals surface area contributed by atoms with Crippen molar-refractivity contribution >= 4 is 23.2 Å². The minimum absolute atomic E-state index is 0.0810. The molecule has 1 unspecified atom stereocenters. The fourth-order valence-corrected chi connectivity index (χ4v) is 2.81. The number of aliphatic hydroxyl groups excluding tert-OH is 1. The van der Waals surface area contributed by atoms with Crippen molar-refractivity contribution in [3.05, 3.63) is 23.3 Å². The normalized spacial score (nSPS) is 16.8. The van der Waals surface area contributed by atoms with Crippen LogP contribution in [0.5, 0.6) is 5.75 Å². The van der Waals surface area contributed by atoms with Gasteiger partial charge in [0.2, 0.25) is 5.91 Å². The maximum absolute atomic E-state index is 12.4. The molecule has 7 nitrogen and oxygen atoms in total. The summed E-state index contributed by atoms with van der Waals surface area (Å²) in [6.07, 6.45) is 0.0621. The summed E-state index contributed by atoms with van der Waals surface area (Å²) in [5, 5.41) is 11.7.